The predicted octanol–water partition coefficient (Wildman–Crippen LogP) is 8.90. The maximum absolute atomic E-state index is 12.3. The van der Waals surface area contributed by atoms with Gasteiger partial charge in [-0.2, -0.15) is 0 Å². The molecule has 0 aliphatic carbocycles. The summed E-state index contributed by atoms with van der Waals surface area (Å²) in [5.74, 6) is -0.904. The van der Waals surface area contributed by atoms with E-state index in [-0.39, 0.29) is 19.4 Å². The summed E-state index contributed by atoms with van der Waals surface area (Å²) in [6, 6.07) is 0. The first-order valence-corrected chi connectivity index (χ1v) is 17.7. The van der Waals surface area contributed by atoms with Crippen molar-refractivity contribution >= 4 is 19.8 Å². The molecule has 0 amide bonds. The third kappa shape index (κ3) is 31.3. The van der Waals surface area contributed by atoms with E-state index >= 15 is 0 Å². The fourth-order valence-electron chi connectivity index (χ4n) is 4.29. The highest BCUT2D eigenvalue weighted by Crippen LogP contribution is 2.35. The van der Waals surface area contributed by atoms with Crippen LogP contribution in [0, 0.1) is 0 Å². The van der Waals surface area contributed by atoms with Gasteiger partial charge in [-0.3, -0.25) is 14.1 Å². The lowest BCUT2D eigenvalue weighted by Crippen LogP contribution is -2.29. The number of esters is 2. The maximum atomic E-state index is 12.3. The number of hydrogen-bond donors (Lipinski definition) is 2. The first-order chi connectivity index (χ1) is 19.8. The molecule has 9 heteroatoms. The lowest BCUT2D eigenvalue weighted by atomic mass is 10.1. The zero-order valence-corrected chi connectivity index (χ0v) is 26.8. The number of carbonyl (C=O) groups is 2. The van der Waals surface area contributed by atoms with Crippen molar-refractivity contribution in [1.29, 1.82) is 0 Å². The van der Waals surface area contributed by atoms with Crippen LogP contribution in [0.2, 0.25) is 0 Å². The number of unbranched alkanes of at least 4 members (excludes halogenated alkanes) is 15. The molecule has 0 saturated heterocycles. The number of allylic oxidation sites excluding steroid dienone is 4. The van der Waals surface area contributed by atoms with Crippen LogP contribution in [-0.2, 0) is 28.2 Å². The smallest absolute Gasteiger partial charge is 0.462 e. The fraction of sp³-hybridized carbons (Fsp3) is 0.812. The lowest BCUT2D eigenvalue weighted by Gasteiger charge is -2.18. The average molecular weight is 603 g/mol. The van der Waals surface area contributed by atoms with Crippen LogP contribution in [0.25, 0.3) is 0 Å². The molecule has 0 rings (SSSR count). The molecule has 0 aromatic heterocycles. The Balaban J connectivity index is 4.06. The van der Waals surface area contributed by atoms with E-state index in [1.807, 2.05) is 0 Å². The highest BCUT2D eigenvalue weighted by molar-refractivity contribution is 7.46. The summed E-state index contributed by atoms with van der Waals surface area (Å²) in [6.07, 6.45) is 29.0. The topological polar surface area (TPSA) is 119 Å². The van der Waals surface area contributed by atoms with Crippen molar-refractivity contribution in [2.24, 2.45) is 0 Å². The van der Waals surface area contributed by atoms with E-state index in [4.69, 9.17) is 19.3 Å². The Morgan fingerprint density at radius 1 is 0.634 bits per heavy atom. The van der Waals surface area contributed by atoms with Crippen LogP contribution in [0.15, 0.2) is 24.3 Å². The van der Waals surface area contributed by atoms with E-state index in [2.05, 4.69) is 42.7 Å². The van der Waals surface area contributed by atoms with Gasteiger partial charge in [0.25, 0.3) is 0 Å². The van der Waals surface area contributed by atoms with E-state index in [1.165, 1.54) is 51.4 Å². The molecule has 1 unspecified atom stereocenters. The summed E-state index contributed by atoms with van der Waals surface area (Å²) in [7, 11) is -4.74. The number of rotatable bonds is 29. The molecule has 41 heavy (non-hydrogen) atoms. The van der Waals surface area contributed by atoms with Gasteiger partial charge in [0.2, 0.25) is 0 Å². The standard InChI is InChI=1S/C32H59O8P/c1-3-5-7-9-11-13-15-16-17-19-21-23-25-27-32(34)40-30(29-39-41(35,36)37)28-38-31(33)26-24-22-20-18-14-12-10-8-6-4-2/h7,9,13,15,30H,3-6,8,10-12,14,16-29H2,1-2H3,(H2,35,36,37)/b9-7-,15-13-. The van der Waals surface area contributed by atoms with Gasteiger partial charge >= 0.3 is 19.8 Å². The van der Waals surface area contributed by atoms with Gasteiger partial charge in [-0.05, 0) is 38.5 Å². The van der Waals surface area contributed by atoms with Crippen molar-refractivity contribution in [3.05, 3.63) is 24.3 Å². The molecular weight excluding hydrogens is 543 g/mol. The molecule has 0 radical (unpaired) electrons. The molecule has 0 fully saturated rings. The van der Waals surface area contributed by atoms with Crippen molar-refractivity contribution < 1.29 is 37.9 Å². The van der Waals surface area contributed by atoms with Crippen molar-refractivity contribution in [3.8, 4) is 0 Å². The second-order valence-electron chi connectivity index (χ2n) is 10.8. The van der Waals surface area contributed by atoms with Crippen molar-refractivity contribution in [2.75, 3.05) is 13.2 Å². The molecular formula is C32H59O8P. The molecule has 0 aliphatic rings. The van der Waals surface area contributed by atoms with Crippen LogP contribution >= 0.6 is 7.82 Å². The predicted molar refractivity (Wildman–Crippen MR) is 165 cm³/mol. The molecule has 0 spiro atoms. The first kappa shape index (κ1) is 39.5. The zero-order chi connectivity index (χ0) is 30.4. The van der Waals surface area contributed by atoms with E-state index in [1.54, 1.807) is 0 Å². The Bertz CT molecular complexity index is 731. The third-order valence-electron chi connectivity index (χ3n) is 6.70. The molecule has 8 nitrogen and oxygen atoms in total. The van der Waals surface area contributed by atoms with Crippen LogP contribution in [0.3, 0.4) is 0 Å². The van der Waals surface area contributed by atoms with Crippen LogP contribution in [0.4, 0.5) is 0 Å². The van der Waals surface area contributed by atoms with E-state index in [9.17, 15) is 14.2 Å². The van der Waals surface area contributed by atoms with Gasteiger partial charge in [-0.25, -0.2) is 4.57 Å². The monoisotopic (exact) mass is 602 g/mol. The number of carbonyl (C=O) groups excluding carboxylic acids is 2. The van der Waals surface area contributed by atoms with Crippen molar-refractivity contribution in [1.82, 2.24) is 0 Å². The summed E-state index contributed by atoms with van der Waals surface area (Å²) >= 11 is 0. The number of phosphoric ester groups is 1. The molecule has 240 valence electrons. The number of hydrogen-bond acceptors (Lipinski definition) is 6. The van der Waals surface area contributed by atoms with Gasteiger partial charge in [-0.1, -0.05) is 122 Å². The second-order valence-corrected chi connectivity index (χ2v) is 12.0. The summed E-state index contributed by atoms with van der Waals surface area (Å²) in [5.41, 5.74) is 0. The Hall–Kier alpha value is -1.47. The van der Waals surface area contributed by atoms with E-state index in [0.29, 0.717) is 6.42 Å². The average Bonchev–Trinajstić information content (AvgIpc) is 2.93. The van der Waals surface area contributed by atoms with Crippen molar-refractivity contribution in [3.63, 3.8) is 0 Å². The number of ether oxygens (including phenoxy) is 2. The Morgan fingerprint density at radius 2 is 1.15 bits per heavy atom. The minimum atomic E-state index is -4.74. The highest BCUT2D eigenvalue weighted by Gasteiger charge is 2.22. The van der Waals surface area contributed by atoms with Gasteiger partial charge < -0.3 is 19.3 Å². The molecule has 0 aliphatic heterocycles. The fourth-order valence-corrected chi connectivity index (χ4v) is 4.65. The third-order valence-corrected chi connectivity index (χ3v) is 7.19. The summed E-state index contributed by atoms with van der Waals surface area (Å²) in [4.78, 5) is 42.4. The summed E-state index contributed by atoms with van der Waals surface area (Å²) in [6.45, 7) is 3.56. The lowest BCUT2D eigenvalue weighted by molar-refractivity contribution is -0.161. The van der Waals surface area contributed by atoms with Crippen LogP contribution in [0.5, 0.6) is 0 Å². The Morgan fingerprint density at radius 3 is 1.71 bits per heavy atom. The minimum Gasteiger partial charge on any atom is -0.462 e. The molecule has 0 heterocycles. The SMILES string of the molecule is CCC/C=C\C/C=C\CCCCCCCC(=O)OC(COC(=O)CCCCCCCCCCCC)COP(=O)(O)O. The second kappa shape index (κ2) is 28.6. The number of phosphoric acid groups is 1. The van der Waals surface area contributed by atoms with Crippen LogP contribution < -0.4 is 0 Å². The molecule has 0 aromatic rings. The zero-order valence-electron chi connectivity index (χ0n) is 25.9. The maximum Gasteiger partial charge on any atom is 0.469 e. The Labute approximate surface area is 249 Å². The first-order valence-electron chi connectivity index (χ1n) is 16.1. The van der Waals surface area contributed by atoms with Gasteiger partial charge in [0, 0.05) is 12.8 Å². The van der Waals surface area contributed by atoms with Gasteiger partial charge in [0.15, 0.2) is 6.10 Å². The quantitative estimate of drug-likeness (QED) is 0.0377. The van der Waals surface area contributed by atoms with E-state index < -0.39 is 32.5 Å². The molecule has 0 bridgehead atoms. The minimum absolute atomic E-state index is 0.197. The summed E-state index contributed by atoms with van der Waals surface area (Å²) < 4.78 is 26.1. The Kier molecular flexibility index (Phi) is 27.6. The van der Waals surface area contributed by atoms with Gasteiger partial charge in [-0.15, -0.1) is 0 Å². The largest absolute Gasteiger partial charge is 0.469 e. The molecule has 1 atom stereocenters. The van der Waals surface area contributed by atoms with Gasteiger partial charge in [0.1, 0.15) is 6.61 Å². The highest BCUT2D eigenvalue weighted by atomic mass is 31.2. The normalized spacial score (nSPS) is 12.8. The van der Waals surface area contributed by atoms with E-state index in [0.717, 1.165) is 64.2 Å². The molecule has 2 N–H and O–H groups in total. The summed E-state index contributed by atoms with van der Waals surface area (Å²) in [5, 5.41) is 0. The van der Waals surface area contributed by atoms with Crippen LogP contribution in [0.1, 0.15) is 149 Å². The molecule has 0 aromatic carbocycles. The molecule has 0 saturated carbocycles. The van der Waals surface area contributed by atoms with Crippen molar-refractivity contribution in [2.45, 2.75) is 155 Å². The van der Waals surface area contributed by atoms with Gasteiger partial charge in [0.05, 0.1) is 6.61 Å². The van der Waals surface area contributed by atoms with Crippen LogP contribution in [-0.4, -0.2) is 41.0 Å².